The van der Waals surface area contributed by atoms with E-state index in [-0.39, 0.29) is 18.0 Å². The topological polar surface area (TPSA) is 95.4 Å². The minimum atomic E-state index is -0.856. The molecule has 0 atom stereocenters. The number of carboxylic acid groups (broad SMARTS) is 1. The van der Waals surface area contributed by atoms with Crippen molar-refractivity contribution in [1.29, 1.82) is 0 Å². The standard InChI is InChI=1S/C12H18N4O3/c1-3-13-12(19)9-5-6-10(15-14-9)16(4-2)8-7-11(17)18/h5-6H,3-4,7-8H2,1-2H3,(H,13,19)(H,17,18). The van der Waals surface area contributed by atoms with E-state index in [4.69, 9.17) is 5.11 Å². The number of aliphatic carboxylic acids is 1. The molecule has 19 heavy (non-hydrogen) atoms. The van der Waals surface area contributed by atoms with Crippen molar-refractivity contribution >= 4 is 17.7 Å². The lowest BCUT2D eigenvalue weighted by Crippen LogP contribution is -2.28. The maximum Gasteiger partial charge on any atom is 0.305 e. The van der Waals surface area contributed by atoms with Gasteiger partial charge < -0.3 is 15.3 Å². The lowest BCUT2D eigenvalue weighted by Gasteiger charge is -2.20. The summed E-state index contributed by atoms with van der Waals surface area (Å²) in [5.41, 5.74) is 0.250. The average molecular weight is 266 g/mol. The van der Waals surface area contributed by atoms with Gasteiger partial charge in [-0.3, -0.25) is 9.59 Å². The quantitative estimate of drug-likeness (QED) is 0.747. The zero-order chi connectivity index (χ0) is 14.3. The van der Waals surface area contributed by atoms with Crippen molar-refractivity contribution < 1.29 is 14.7 Å². The molecule has 0 spiro atoms. The van der Waals surface area contributed by atoms with Gasteiger partial charge in [0.05, 0.1) is 6.42 Å². The van der Waals surface area contributed by atoms with Gasteiger partial charge in [0.2, 0.25) is 0 Å². The van der Waals surface area contributed by atoms with Crippen LogP contribution in [0, 0.1) is 0 Å². The molecule has 2 N–H and O–H groups in total. The van der Waals surface area contributed by atoms with Crippen LogP contribution in [0.25, 0.3) is 0 Å². The van der Waals surface area contributed by atoms with Crippen LogP contribution >= 0.6 is 0 Å². The van der Waals surface area contributed by atoms with Gasteiger partial charge in [-0.1, -0.05) is 0 Å². The van der Waals surface area contributed by atoms with Crippen LogP contribution in [-0.4, -0.2) is 46.8 Å². The highest BCUT2D eigenvalue weighted by molar-refractivity contribution is 5.92. The second kappa shape index (κ2) is 7.30. The Kier molecular flexibility index (Phi) is 5.72. The lowest BCUT2D eigenvalue weighted by atomic mass is 10.3. The Labute approximate surface area is 111 Å². The molecule has 0 fully saturated rings. The Morgan fingerprint density at radius 2 is 2.05 bits per heavy atom. The van der Waals surface area contributed by atoms with Crippen LogP contribution in [0.4, 0.5) is 5.82 Å². The summed E-state index contributed by atoms with van der Waals surface area (Å²) in [7, 11) is 0. The number of nitrogens with zero attached hydrogens (tertiary/aromatic N) is 3. The first kappa shape index (κ1) is 14.9. The summed E-state index contributed by atoms with van der Waals surface area (Å²) < 4.78 is 0. The number of carbonyl (C=O) groups excluding carboxylic acids is 1. The van der Waals surface area contributed by atoms with E-state index < -0.39 is 5.97 Å². The van der Waals surface area contributed by atoms with Gasteiger partial charge in [0, 0.05) is 19.6 Å². The summed E-state index contributed by atoms with van der Waals surface area (Å²) in [5, 5.41) is 19.1. The minimum Gasteiger partial charge on any atom is -0.481 e. The second-order valence-electron chi connectivity index (χ2n) is 3.86. The molecule has 7 heteroatoms. The van der Waals surface area contributed by atoms with Crippen molar-refractivity contribution in [3.05, 3.63) is 17.8 Å². The highest BCUT2D eigenvalue weighted by atomic mass is 16.4. The monoisotopic (exact) mass is 266 g/mol. The van der Waals surface area contributed by atoms with Crippen LogP contribution < -0.4 is 10.2 Å². The summed E-state index contributed by atoms with van der Waals surface area (Å²) in [6, 6.07) is 3.25. The Balaban J connectivity index is 2.72. The summed E-state index contributed by atoms with van der Waals surface area (Å²) in [5.74, 6) is -0.558. The summed E-state index contributed by atoms with van der Waals surface area (Å²) in [4.78, 5) is 23.9. The SMILES string of the molecule is CCNC(=O)c1ccc(N(CC)CCC(=O)O)nn1. The Hall–Kier alpha value is -2.18. The summed E-state index contributed by atoms with van der Waals surface area (Å²) in [6.07, 6.45) is 0.0353. The van der Waals surface area contributed by atoms with E-state index in [1.165, 1.54) is 0 Å². The van der Waals surface area contributed by atoms with Gasteiger partial charge in [-0.15, -0.1) is 10.2 Å². The van der Waals surface area contributed by atoms with Crippen LogP contribution in [0.3, 0.4) is 0 Å². The van der Waals surface area contributed by atoms with Gasteiger partial charge >= 0.3 is 5.97 Å². The van der Waals surface area contributed by atoms with Crippen molar-refractivity contribution in [3.8, 4) is 0 Å². The normalized spacial score (nSPS) is 10.0. The first-order valence-corrected chi connectivity index (χ1v) is 6.17. The first-order chi connectivity index (χ1) is 9.08. The maximum atomic E-state index is 11.5. The molecule has 0 aliphatic carbocycles. The van der Waals surface area contributed by atoms with Crippen LogP contribution in [0.5, 0.6) is 0 Å². The molecule has 1 amide bonds. The fraction of sp³-hybridized carbons (Fsp3) is 0.500. The van der Waals surface area contributed by atoms with E-state index in [1.54, 1.807) is 17.0 Å². The van der Waals surface area contributed by atoms with E-state index in [2.05, 4.69) is 15.5 Å². The van der Waals surface area contributed by atoms with Crippen molar-refractivity contribution in [3.63, 3.8) is 0 Å². The molecule has 0 radical (unpaired) electrons. The molecule has 0 saturated heterocycles. The number of carbonyl (C=O) groups is 2. The smallest absolute Gasteiger partial charge is 0.305 e. The fourth-order valence-electron chi connectivity index (χ4n) is 1.53. The number of hydrogen-bond donors (Lipinski definition) is 2. The molecule has 0 unspecified atom stereocenters. The molecule has 0 aliphatic heterocycles. The molecular weight excluding hydrogens is 248 g/mol. The van der Waals surface area contributed by atoms with E-state index in [9.17, 15) is 9.59 Å². The summed E-state index contributed by atoms with van der Waals surface area (Å²) in [6.45, 7) is 5.25. The number of anilines is 1. The highest BCUT2D eigenvalue weighted by Crippen LogP contribution is 2.09. The van der Waals surface area contributed by atoms with E-state index in [0.29, 0.717) is 25.5 Å². The van der Waals surface area contributed by atoms with Gasteiger partial charge in [0.1, 0.15) is 0 Å². The minimum absolute atomic E-state index is 0.0353. The van der Waals surface area contributed by atoms with Crippen molar-refractivity contribution in [2.75, 3.05) is 24.5 Å². The highest BCUT2D eigenvalue weighted by Gasteiger charge is 2.11. The first-order valence-electron chi connectivity index (χ1n) is 6.17. The molecule has 7 nitrogen and oxygen atoms in total. The van der Waals surface area contributed by atoms with Crippen molar-refractivity contribution in [2.45, 2.75) is 20.3 Å². The van der Waals surface area contributed by atoms with Gasteiger partial charge in [0.25, 0.3) is 5.91 Å². The number of carboxylic acids is 1. The van der Waals surface area contributed by atoms with Gasteiger partial charge in [-0.25, -0.2) is 0 Å². The Bertz CT molecular complexity index is 433. The van der Waals surface area contributed by atoms with Crippen LogP contribution in [-0.2, 0) is 4.79 Å². The van der Waals surface area contributed by atoms with Crippen molar-refractivity contribution in [2.24, 2.45) is 0 Å². The molecular formula is C12H18N4O3. The third kappa shape index (κ3) is 4.53. The average Bonchev–Trinajstić information content (AvgIpc) is 2.40. The summed E-state index contributed by atoms with van der Waals surface area (Å²) >= 11 is 0. The molecule has 104 valence electrons. The molecule has 1 rings (SSSR count). The van der Waals surface area contributed by atoms with E-state index in [1.807, 2.05) is 13.8 Å². The molecule has 0 bridgehead atoms. The number of hydrogen-bond acceptors (Lipinski definition) is 5. The largest absolute Gasteiger partial charge is 0.481 e. The predicted molar refractivity (Wildman–Crippen MR) is 70.2 cm³/mol. The van der Waals surface area contributed by atoms with Crippen LogP contribution in [0.2, 0.25) is 0 Å². The number of amides is 1. The second-order valence-corrected chi connectivity index (χ2v) is 3.86. The molecule has 1 heterocycles. The zero-order valence-corrected chi connectivity index (χ0v) is 11.1. The van der Waals surface area contributed by atoms with Gasteiger partial charge in [-0.05, 0) is 26.0 Å². The lowest BCUT2D eigenvalue weighted by molar-refractivity contribution is -0.136. The molecule has 0 saturated carbocycles. The maximum absolute atomic E-state index is 11.5. The Morgan fingerprint density at radius 1 is 1.32 bits per heavy atom. The van der Waals surface area contributed by atoms with Crippen LogP contribution in [0.1, 0.15) is 30.8 Å². The predicted octanol–water partition coefficient (Wildman–Crippen LogP) is 0.527. The zero-order valence-electron chi connectivity index (χ0n) is 11.1. The van der Waals surface area contributed by atoms with E-state index >= 15 is 0 Å². The number of nitrogens with one attached hydrogen (secondary N) is 1. The molecule has 0 aromatic carbocycles. The van der Waals surface area contributed by atoms with Crippen LogP contribution in [0.15, 0.2) is 12.1 Å². The Morgan fingerprint density at radius 3 is 2.53 bits per heavy atom. The number of rotatable bonds is 7. The molecule has 1 aromatic rings. The fourth-order valence-corrected chi connectivity index (χ4v) is 1.53. The van der Waals surface area contributed by atoms with Gasteiger partial charge in [0.15, 0.2) is 11.5 Å². The molecule has 0 aliphatic rings. The number of aromatic nitrogens is 2. The third-order valence-corrected chi connectivity index (χ3v) is 2.52. The third-order valence-electron chi connectivity index (χ3n) is 2.52. The van der Waals surface area contributed by atoms with E-state index in [0.717, 1.165) is 0 Å². The molecule has 1 aromatic heterocycles. The van der Waals surface area contributed by atoms with Crippen molar-refractivity contribution in [1.82, 2.24) is 15.5 Å². The van der Waals surface area contributed by atoms with Gasteiger partial charge in [-0.2, -0.15) is 0 Å².